The van der Waals surface area contributed by atoms with Gasteiger partial charge in [0.05, 0.1) is 6.20 Å². The molecule has 0 aliphatic heterocycles. The largest absolute Gasteiger partial charge is 0.377 e. The van der Waals surface area contributed by atoms with Crippen LogP contribution in [0.4, 0.5) is 10.1 Å². The van der Waals surface area contributed by atoms with Gasteiger partial charge in [-0.25, -0.2) is 4.39 Å². The van der Waals surface area contributed by atoms with Gasteiger partial charge in [-0.2, -0.15) is 5.10 Å². The second-order valence-electron chi connectivity index (χ2n) is 5.22. The normalized spacial score (nSPS) is 12.4. The maximum absolute atomic E-state index is 13.4. The van der Waals surface area contributed by atoms with E-state index in [1.165, 1.54) is 6.07 Å². The van der Waals surface area contributed by atoms with Gasteiger partial charge in [-0.1, -0.05) is 6.07 Å². The number of halogens is 1. The Morgan fingerprint density at radius 2 is 2.15 bits per heavy atom. The molecule has 4 nitrogen and oxygen atoms in total. The zero-order valence-corrected chi connectivity index (χ0v) is 12.4. The smallest absolute Gasteiger partial charge is 0.125 e. The number of hydrogen-bond donors (Lipinski definition) is 1. The molecule has 0 fully saturated rings. The molecular weight excluding hydrogens is 255 g/mol. The molecule has 1 atom stereocenters. The summed E-state index contributed by atoms with van der Waals surface area (Å²) in [5, 5.41) is 7.58. The van der Waals surface area contributed by atoms with Crippen molar-refractivity contribution in [2.24, 2.45) is 7.05 Å². The zero-order chi connectivity index (χ0) is 14.7. The summed E-state index contributed by atoms with van der Waals surface area (Å²) in [6.07, 6.45) is 3.83. The van der Waals surface area contributed by atoms with Gasteiger partial charge in [0.15, 0.2) is 0 Å². The molecule has 0 aliphatic rings. The molecule has 0 saturated carbocycles. The van der Waals surface area contributed by atoms with Gasteiger partial charge >= 0.3 is 0 Å². The molecule has 1 aromatic heterocycles. The van der Waals surface area contributed by atoms with Gasteiger partial charge in [-0.3, -0.25) is 4.68 Å². The van der Waals surface area contributed by atoms with Gasteiger partial charge in [0.2, 0.25) is 0 Å². The van der Waals surface area contributed by atoms with E-state index in [9.17, 15) is 4.39 Å². The van der Waals surface area contributed by atoms with Crippen LogP contribution in [0.25, 0.3) is 0 Å². The van der Waals surface area contributed by atoms with Crippen molar-refractivity contribution in [1.29, 1.82) is 0 Å². The molecule has 0 bridgehead atoms. The van der Waals surface area contributed by atoms with Crippen LogP contribution in [0.1, 0.15) is 24.1 Å². The summed E-state index contributed by atoms with van der Waals surface area (Å²) in [6, 6.07) is 5.04. The van der Waals surface area contributed by atoms with Crippen LogP contribution in [-0.4, -0.2) is 23.9 Å². The minimum atomic E-state index is -0.211. The topological polar surface area (TPSA) is 33.1 Å². The maximum atomic E-state index is 13.4. The molecule has 1 unspecified atom stereocenters. The Morgan fingerprint density at radius 3 is 2.75 bits per heavy atom. The quantitative estimate of drug-likeness (QED) is 0.910. The molecule has 1 aromatic carbocycles. The Balaban J connectivity index is 2.10. The second-order valence-corrected chi connectivity index (χ2v) is 5.22. The summed E-state index contributed by atoms with van der Waals surface area (Å²) in [5.74, 6) is -0.211. The molecule has 1 heterocycles. The fraction of sp³-hybridized carbons (Fsp3) is 0.400. The lowest BCUT2D eigenvalue weighted by atomic mass is 10.0. The van der Waals surface area contributed by atoms with Crippen molar-refractivity contribution >= 4 is 5.69 Å². The van der Waals surface area contributed by atoms with Crippen LogP contribution in [0.15, 0.2) is 30.6 Å². The van der Waals surface area contributed by atoms with E-state index in [1.54, 1.807) is 10.7 Å². The average molecular weight is 276 g/mol. The summed E-state index contributed by atoms with van der Waals surface area (Å²) in [7, 11) is 5.75. The molecule has 20 heavy (non-hydrogen) atoms. The van der Waals surface area contributed by atoms with Gasteiger partial charge in [0, 0.05) is 51.2 Å². The van der Waals surface area contributed by atoms with Crippen LogP contribution in [-0.2, 0) is 13.6 Å². The highest BCUT2D eigenvalue weighted by Crippen LogP contribution is 2.26. The van der Waals surface area contributed by atoms with E-state index in [2.05, 4.69) is 17.3 Å². The summed E-state index contributed by atoms with van der Waals surface area (Å²) in [5.41, 5.74) is 3.12. The van der Waals surface area contributed by atoms with Crippen molar-refractivity contribution in [3.63, 3.8) is 0 Å². The van der Waals surface area contributed by atoms with E-state index in [0.717, 1.165) is 23.4 Å². The lowest BCUT2D eigenvalue weighted by Gasteiger charge is -2.22. The minimum Gasteiger partial charge on any atom is -0.377 e. The van der Waals surface area contributed by atoms with Gasteiger partial charge < -0.3 is 10.2 Å². The van der Waals surface area contributed by atoms with Gasteiger partial charge in [-0.05, 0) is 24.6 Å². The van der Waals surface area contributed by atoms with Crippen LogP contribution >= 0.6 is 0 Å². The first-order valence-corrected chi connectivity index (χ1v) is 6.65. The van der Waals surface area contributed by atoms with Gasteiger partial charge in [0.25, 0.3) is 0 Å². The molecule has 108 valence electrons. The highest BCUT2D eigenvalue weighted by atomic mass is 19.1. The molecule has 0 aliphatic carbocycles. The Morgan fingerprint density at radius 1 is 1.40 bits per heavy atom. The lowest BCUT2D eigenvalue weighted by molar-refractivity contribution is 0.570. The number of aromatic nitrogens is 2. The number of aryl methyl sites for hydroxylation is 1. The maximum Gasteiger partial charge on any atom is 0.125 e. The Kier molecular flexibility index (Phi) is 4.39. The molecule has 0 amide bonds. The summed E-state index contributed by atoms with van der Waals surface area (Å²) >= 11 is 0. The molecule has 0 saturated heterocycles. The standard InChI is InChI=1S/C15H21FN4/c1-11(17-8-12-9-18-20(4)10-12)14-6-5-13(16)7-15(14)19(2)3/h5-7,9-11,17H,8H2,1-4H3. The summed E-state index contributed by atoms with van der Waals surface area (Å²) < 4.78 is 15.1. The molecule has 1 N–H and O–H groups in total. The Hall–Kier alpha value is -1.88. The first-order valence-electron chi connectivity index (χ1n) is 6.65. The zero-order valence-electron chi connectivity index (χ0n) is 12.4. The molecule has 0 spiro atoms. The molecule has 2 rings (SSSR count). The SMILES string of the molecule is CC(NCc1cnn(C)c1)c1ccc(F)cc1N(C)C. The van der Waals surface area contributed by atoms with Gasteiger partial charge in [0.1, 0.15) is 5.82 Å². The minimum absolute atomic E-state index is 0.133. The molecule has 5 heteroatoms. The monoisotopic (exact) mass is 276 g/mol. The van der Waals surface area contributed by atoms with E-state index in [-0.39, 0.29) is 11.9 Å². The number of anilines is 1. The Bertz CT molecular complexity index is 577. The molecule has 0 radical (unpaired) electrons. The van der Waals surface area contributed by atoms with Crippen molar-refractivity contribution in [1.82, 2.24) is 15.1 Å². The van der Waals surface area contributed by atoms with Crippen LogP contribution in [0.3, 0.4) is 0 Å². The summed E-state index contributed by atoms with van der Waals surface area (Å²) in [6.45, 7) is 2.82. The van der Waals surface area contributed by atoms with Crippen molar-refractivity contribution in [3.8, 4) is 0 Å². The van der Waals surface area contributed by atoms with E-state index >= 15 is 0 Å². The van der Waals surface area contributed by atoms with Gasteiger partial charge in [-0.15, -0.1) is 0 Å². The average Bonchev–Trinajstić information content (AvgIpc) is 2.81. The summed E-state index contributed by atoms with van der Waals surface area (Å²) in [4.78, 5) is 1.93. The van der Waals surface area contributed by atoms with Crippen molar-refractivity contribution in [2.45, 2.75) is 19.5 Å². The first-order chi connectivity index (χ1) is 9.47. The number of hydrogen-bond acceptors (Lipinski definition) is 3. The van der Waals surface area contributed by atoms with Crippen molar-refractivity contribution in [2.75, 3.05) is 19.0 Å². The van der Waals surface area contributed by atoms with Crippen LogP contribution in [0.5, 0.6) is 0 Å². The third kappa shape index (κ3) is 3.36. The highest BCUT2D eigenvalue weighted by Gasteiger charge is 2.13. The van der Waals surface area contributed by atoms with E-state index in [1.807, 2.05) is 44.5 Å². The van der Waals surface area contributed by atoms with E-state index in [0.29, 0.717) is 0 Å². The number of nitrogens with zero attached hydrogens (tertiary/aromatic N) is 3. The Labute approximate surface area is 119 Å². The fourth-order valence-electron chi connectivity index (χ4n) is 2.21. The fourth-order valence-corrected chi connectivity index (χ4v) is 2.21. The first kappa shape index (κ1) is 14.5. The second kappa shape index (κ2) is 6.05. The third-order valence-electron chi connectivity index (χ3n) is 3.31. The van der Waals surface area contributed by atoms with E-state index in [4.69, 9.17) is 0 Å². The van der Waals surface area contributed by atoms with Crippen molar-refractivity contribution in [3.05, 3.63) is 47.5 Å². The molecule has 2 aromatic rings. The number of rotatable bonds is 5. The van der Waals surface area contributed by atoms with E-state index < -0.39 is 0 Å². The predicted octanol–water partition coefficient (Wildman–Crippen LogP) is 2.48. The van der Waals surface area contributed by atoms with Crippen molar-refractivity contribution < 1.29 is 4.39 Å². The number of nitrogens with one attached hydrogen (secondary N) is 1. The lowest BCUT2D eigenvalue weighted by Crippen LogP contribution is -2.21. The van der Waals surface area contributed by atoms with Crippen LogP contribution in [0, 0.1) is 5.82 Å². The predicted molar refractivity (Wildman–Crippen MR) is 79.2 cm³/mol. The third-order valence-corrected chi connectivity index (χ3v) is 3.31. The van der Waals surface area contributed by atoms with Crippen LogP contribution in [0.2, 0.25) is 0 Å². The van der Waals surface area contributed by atoms with Crippen LogP contribution < -0.4 is 10.2 Å². The highest BCUT2D eigenvalue weighted by molar-refractivity contribution is 5.54. The molecular formula is C15H21FN4. The number of benzene rings is 1.